The minimum Gasteiger partial charge on any atom is -0.321 e. The number of nitrogens with zero attached hydrogens (tertiary/aromatic N) is 3. The molecule has 0 radical (unpaired) electrons. The van der Waals surface area contributed by atoms with Crippen LogP contribution in [0.3, 0.4) is 0 Å². The molecule has 0 saturated heterocycles. The maximum absolute atomic E-state index is 8.30. The summed E-state index contributed by atoms with van der Waals surface area (Å²) in [5.41, 5.74) is 7.57. The average Bonchev–Trinajstić information content (AvgIpc) is 3.10. The van der Waals surface area contributed by atoms with Crippen molar-refractivity contribution in [3.8, 4) is 6.07 Å². The minimum atomic E-state index is -0.127. The maximum Gasteiger partial charge on any atom is 0.129 e. The molecule has 0 aromatic carbocycles. The van der Waals surface area contributed by atoms with E-state index < -0.39 is 0 Å². The summed E-state index contributed by atoms with van der Waals surface area (Å²) in [5.74, 6) is 0.570. The fraction of sp³-hybridized carbons (Fsp3) is 0.267. The Bertz CT molecular complexity index is 649. The van der Waals surface area contributed by atoms with Crippen LogP contribution in [0.5, 0.6) is 0 Å². The SMILES string of the molecule is CC1CC1(N)c1ccc(Cl)nc1.N#Cc1ccc(Cl)nc1. The highest BCUT2D eigenvalue weighted by molar-refractivity contribution is 6.29. The van der Waals surface area contributed by atoms with Gasteiger partial charge in [0.1, 0.15) is 16.4 Å². The van der Waals surface area contributed by atoms with Crippen molar-refractivity contribution in [1.29, 1.82) is 5.26 Å². The van der Waals surface area contributed by atoms with Gasteiger partial charge in [-0.25, -0.2) is 9.97 Å². The van der Waals surface area contributed by atoms with Crippen molar-refractivity contribution in [2.45, 2.75) is 18.9 Å². The number of aromatic nitrogens is 2. The van der Waals surface area contributed by atoms with Gasteiger partial charge in [-0.15, -0.1) is 0 Å². The average molecular weight is 321 g/mol. The Kier molecular flexibility index (Phi) is 4.79. The fourth-order valence-electron chi connectivity index (χ4n) is 1.94. The molecule has 2 aromatic rings. The van der Waals surface area contributed by atoms with Crippen molar-refractivity contribution in [2.24, 2.45) is 11.7 Å². The van der Waals surface area contributed by atoms with Crippen LogP contribution in [0.2, 0.25) is 10.3 Å². The minimum absolute atomic E-state index is 0.127. The zero-order valence-corrected chi connectivity index (χ0v) is 12.9. The van der Waals surface area contributed by atoms with Crippen molar-refractivity contribution in [3.63, 3.8) is 0 Å². The first-order chi connectivity index (χ1) is 9.95. The van der Waals surface area contributed by atoms with E-state index in [0.717, 1.165) is 12.0 Å². The Balaban J connectivity index is 0.000000161. The third-order valence-corrected chi connectivity index (χ3v) is 3.93. The third-order valence-electron chi connectivity index (χ3n) is 3.48. The fourth-order valence-corrected chi connectivity index (χ4v) is 2.17. The van der Waals surface area contributed by atoms with Crippen molar-refractivity contribution < 1.29 is 0 Å². The lowest BCUT2D eigenvalue weighted by Crippen LogP contribution is -2.21. The molecule has 2 aromatic heterocycles. The summed E-state index contributed by atoms with van der Waals surface area (Å²) in [7, 11) is 0. The van der Waals surface area contributed by atoms with Crippen LogP contribution in [0.1, 0.15) is 24.5 Å². The van der Waals surface area contributed by atoms with Crippen molar-refractivity contribution >= 4 is 23.2 Å². The van der Waals surface area contributed by atoms with E-state index in [1.165, 1.54) is 6.20 Å². The third kappa shape index (κ3) is 3.92. The molecule has 2 unspecified atom stereocenters. The van der Waals surface area contributed by atoms with E-state index in [4.69, 9.17) is 34.2 Å². The van der Waals surface area contributed by atoms with E-state index in [0.29, 0.717) is 21.8 Å². The van der Waals surface area contributed by atoms with Crippen LogP contribution in [-0.2, 0) is 5.54 Å². The Labute approximate surface area is 133 Å². The zero-order chi connectivity index (χ0) is 15.5. The van der Waals surface area contributed by atoms with Gasteiger partial charge in [0.2, 0.25) is 0 Å². The van der Waals surface area contributed by atoms with E-state index in [2.05, 4.69) is 16.9 Å². The van der Waals surface area contributed by atoms with E-state index in [1.54, 1.807) is 24.4 Å². The number of nitrogens with two attached hydrogens (primary N) is 1. The highest BCUT2D eigenvalue weighted by Gasteiger charge is 2.48. The molecular formula is C15H14Cl2N4. The Morgan fingerprint density at radius 2 is 1.76 bits per heavy atom. The van der Waals surface area contributed by atoms with Crippen LogP contribution in [0.15, 0.2) is 36.7 Å². The molecule has 1 aliphatic rings. The first-order valence-electron chi connectivity index (χ1n) is 6.38. The van der Waals surface area contributed by atoms with Crippen LogP contribution in [0, 0.1) is 17.2 Å². The second kappa shape index (κ2) is 6.40. The highest BCUT2D eigenvalue weighted by Crippen LogP contribution is 2.48. The molecule has 0 amide bonds. The second-order valence-electron chi connectivity index (χ2n) is 5.00. The van der Waals surface area contributed by atoms with Crippen LogP contribution >= 0.6 is 23.2 Å². The molecule has 4 nitrogen and oxygen atoms in total. The quantitative estimate of drug-likeness (QED) is 0.815. The van der Waals surface area contributed by atoms with Crippen molar-refractivity contribution in [3.05, 3.63) is 58.1 Å². The molecule has 2 N–H and O–H groups in total. The monoisotopic (exact) mass is 320 g/mol. The Hall–Kier alpha value is -1.67. The Morgan fingerprint density at radius 1 is 1.19 bits per heavy atom. The first kappa shape index (κ1) is 15.7. The van der Waals surface area contributed by atoms with E-state index in [-0.39, 0.29) is 5.54 Å². The molecule has 1 aliphatic carbocycles. The molecule has 0 spiro atoms. The van der Waals surface area contributed by atoms with Crippen LogP contribution < -0.4 is 5.73 Å². The van der Waals surface area contributed by atoms with Crippen molar-refractivity contribution in [2.75, 3.05) is 0 Å². The largest absolute Gasteiger partial charge is 0.321 e. The summed E-state index contributed by atoms with van der Waals surface area (Å²) >= 11 is 11.1. The number of pyridine rings is 2. The van der Waals surface area contributed by atoms with Crippen molar-refractivity contribution in [1.82, 2.24) is 9.97 Å². The molecule has 21 heavy (non-hydrogen) atoms. The normalized spacial score (nSPS) is 22.7. The molecule has 0 bridgehead atoms. The molecule has 2 heterocycles. The number of rotatable bonds is 1. The lowest BCUT2D eigenvalue weighted by molar-refractivity contribution is 0.661. The summed E-state index contributed by atoms with van der Waals surface area (Å²) in [4.78, 5) is 7.70. The van der Waals surface area contributed by atoms with Crippen LogP contribution in [-0.4, -0.2) is 9.97 Å². The molecular weight excluding hydrogens is 307 g/mol. The van der Waals surface area contributed by atoms with Gasteiger partial charge in [-0.3, -0.25) is 0 Å². The van der Waals surface area contributed by atoms with Gasteiger partial charge in [-0.05, 0) is 36.1 Å². The molecule has 6 heteroatoms. The molecule has 2 atom stereocenters. The first-order valence-corrected chi connectivity index (χ1v) is 7.14. The summed E-state index contributed by atoms with van der Waals surface area (Å²) in [5, 5.41) is 9.23. The van der Waals surface area contributed by atoms with Gasteiger partial charge >= 0.3 is 0 Å². The van der Waals surface area contributed by atoms with E-state index in [9.17, 15) is 0 Å². The van der Waals surface area contributed by atoms with Gasteiger partial charge in [-0.2, -0.15) is 5.26 Å². The highest BCUT2D eigenvalue weighted by atomic mass is 35.5. The summed E-state index contributed by atoms with van der Waals surface area (Å²) in [6.45, 7) is 2.15. The predicted molar refractivity (Wildman–Crippen MR) is 82.9 cm³/mol. The molecule has 1 fully saturated rings. The molecule has 108 valence electrons. The number of hydrogen-bond acceptors (Lipinski definition) is 4. The van der Waals surface area contributed by atoms with Crippen LogP contribution in [0.25, 0.3) is 0 Å². The zero-order valence-electron chi connectivity index (χ0n) is 11.4. The second-order valence-corrected chi connectivity index (χ2v) is 5.77. The smallest absolute Gasteiger partial charge is 0.129 e. The van der Waals surface area contributed by atoms with E-state index in [1.807, 2.05) is 12.1 Å². The molecule has 3 rings (SSSR count). The Morgan fingerprint density at radius 3 is 2.14 bits per heavy atom. The van der Waals surface area contributed by atoms with E-state index >= 15 is 0 Å². The number of hydrogen-bond donors (Lipinski definition) is 1. The number of halogens is 2. The number of nitriles is 1. The summed E-state index contributed by atoms with van der Waals surface area (Å²) < 4.78 is 0. The van der Waals surface area contributed by atoms with Gasteiger partial charge in [0.15, 0.2) is 0 Å². The van der Waals surface area contributed by atoms with Gasteiger partial charge in [0.05, 0.1) is 5.56 Å². The standard InChI is InChI=1S/C9H11ClN2.C6H3ClN2/c1-6-4-9(6,11)7-2-3-8(10)12-5-7;7-6-2-1-5(3-8)4-9-6/h2-3,5-6H,4,11H2,1H3;1-2,4H. The van der Waals surface area contributed by atoms with Gasteiger partial charge in [-0.1, -0.05) is 36.2 Å². The lowest BCUT2D eigenvalue weighted by atomic mass is 10.1. The topological polar surface area (TPSA) is 75.6 Å². The van der Waals surface area contributed by atoms with Gasteiger partial charge in [0.25, 0.3) is 0 Å². The summed E-state index contributed by atoms with van der Waals surface area (Å²) in [6.07, 6.45) is 4.25. The lowest BCUT2D eigenvalue weighted by Gasteiger charge is -2.09. The summed E-state index contributed by atoms with van der Waals surface area (Å²) in [6, 6.07) is 8.88. The molecule has 0 aliphatic heterocycles. The predicted octanol–water partition coefficient (Wildman–Crippen LogP) is 3.54. The van der Waals surface area contributed by atoms with Gasteiger partial charge < -0.3 is 5.73 Å². The molecule has 1 saturated carbocycles. The van der Waals surface area contributed by atoms with Gasteiger partial charge in [0, 0.05) is 17.9 Å². The maximum atomic E-state index is 8.30. The van der Waals surface area contributed by atoms with Crippen LogP contribution in [0.4, 0.5) is 0 Å².